The number of likely N-dealkylation sites (tertiary alicyclic amines) is 1. The molecule has 126 valence electrons. The van der Waals surface area contributed by atoms with Crippen LogP contribution in [0.25, 0.3) is 0 Å². The summed E-state index contributed by atoms with van der Waals surface area (Å²) in [4.78, 5) is 2.43. The summed E-state index contributed by atoms with van der Waals surface area (Å²) in [6.07, 6.45) is 3.98. The van der Waals surface area contributed by atoms with Crippen molar-refractivity contribution in [2.24, 2.45) is 0 Å². The van der Waals surface area contributed by atoms with E-state index in [0.717, 1.165) is 51.9 Å². The van der Waals surface area contributed by atoms with Gasteiger partial charge in [0.25, 0.3) is 0 Å². The van der Waals surface area contributed by atoms with Crippen molar-refractivity contribution in [3.63, 3.8) is 0 Å². The van der Waals surface area contributed by atoms with E-state index in [4.69, 9.17) is 0 Å². The van der Waals surface area contributed by atoms with E-state index in [1.54, 1.807) is 4.31 Å². The van der Waals surface area contributed by atoms with Gasteiger partial charge < -0.3 is 5.32 Å². The van der Waals surface area contributed by atoms with Gasteiger partial charge in [-0.3, -0.25) is 4.90 Å². The van der Waals surface area contributed by atoms with Crippen LogP contribution in [0.3, 0.4) is 0 Å². The number of para-hydroxylation sites is 1. The van der Waals surface area contributed by atoms with E-state index >= 15 is 0 Å². The maximum Gasteiger partial charge on any atom is 0.214 e. The summed E-state index contributed by atoms with van der Waals surface area (Å²) in [6, 6.07) is 6.72. The molecule has 1 N–H and O–H groups in total. The Morgan fingerprint density at radius 1 is 1.22 bits per heavy atom. The smallest absolute Gasteiger partial charge is 0.214 e. The third-order valence-electron chi connectivity index (χ3n) is 5.35. The number of rotatable bonds is 3. The lowest BCUT2D eigenvalue weighted by molar-refractivity contribution is 0.146. The fraction of sp³-hybridized carbons (Fsp3) is 0.647. The van der Waals surface area contributed by atoms with Crippen LogP contribution in [0.2, 0.25) is 0 Å². The quantitative estimate of drug-likeness (QED) is 0.913. The molecule has 3 aliphatic heterocycles. The number of sulfonamides is 1. The first-order valence-corrected chi connectivity index (χ1v) is 10.3. The molecule has 1 unspecified atom stereocenters. The minimum atomic E-state index is -3.00. The molecular formula is C17H25N3O2S. The average Bonchev–Trinajstić information content (AvgIpc) is 3.14. The van der Waals surface area contributed by atoms with Crippen LogP contribution in [0.1, 0.15) is 30.4 Å². The Balaban J connectivity index is 1.47. The van der Waals surface area contributed by atoms with E-state index in [1.807, 2.05) is 0 Å². The average molecular weight is 335 g/mol. The van der Waals surface area contributed by atoms with Crippen LogP contribution >= 0.6 is 0 Å². The predicted molar refractivity (Wildman–Crippen MR) is 92.0 cm³/mol. The Hall–Kier alpha value is -1.11. The van der Waals surface area contributed by atoms with Gasteiger partial charge in [0.05, 0.1) is 5.75 Å². The summed E-state index contributed by atoms with van der Waals surface area (Å²) in [5.41, 5.74) is 4.08. The molecule has 3 aliphatic rings. The summed E-state index contributed by atoms with van der Waals surface area (Å²) in [7, 11) is -3.00. The normalized spacial score (nSPS) is 27.7. The van der Waals surface area contributed by atoms with Crippen LogP contribution in [0.5, 0.6) is 0 Å². The van der Waals surface area contributed by atoms with Gasteiger partial charge >= 0.3 is 0 Å². The zero-order valence-corrected chi connectivity index (χ0v) is 14.3. The molecule has 0 amide bonds. The van der Waals surface area contributed by atoms with Crippen molar-refractivity contribution >= 4 is 15.7 Å². The summed E-state index contributed by atoms with van der Waals surface area (Å²) in [5.74, 6) is 0.333. The molecule has 0 radical (unpaired) electrons. The molecular weight excluding hydrogens is 310 g/mol. The van der Waals surface area contributed by atoms with Crippen LogP contribution in [0.4, 0.5) is 5.69 Å². The standard InChI is InChI=1S/C17H25N3O2S/c21-23(22)11-3-10-20(23)16-6-2-9-19(13-16)12-15-5-1-4-14-7-8-18-17(14)15/h1,4-5,16,18H,2-3,6-13H2. The van der Waals surface area contributed by atoms with Gasteiger partial charge in [0.15, 0.2) is 0 Å². The van der Waals surface area contributed by atoms with Gasteiger partial charge in [-0.1, -0.05) is 18.2 Å². The number of anilines is 1. The van der Waals surface area contributed by atoms with Crippen molar-refractivity contribution in [1.82, 2.24) is 9.21 Å². The van der Waals surface area contributed by atoms with Gasteiger partial charge in [-0.15, -0.1) is 0 Å². The molecule has 0 saturated carbocycles. The zero-order chi connectivity index (χ0) is 15.9. The minimum Gasteiger partial charge on any atom is -0.384 e. The Bertz CT molecular complexity index is 689. The summed E-state index contributed by atoms with van der Waals surface area (Å²) in [5, 5.41) is 3.50. The van der Waals surface area contributed by atoms with E-state index in [9.17, 15) is 8.42 Å². The van der Waals surface area contributed by atoms with Crippen LogP contribution in [0, 0.1) is 0 Å². The van der Waals surface area contributed by atoms with Crippen LogP contribution < -0.4 is 5.32 Å². The fourth-order valence-corrected chi connectivity index (χ4v) is 6.02. The van der Waals surface area contributed by atoms with Crippen molar-refractivity contribution in [2.45, 2.75) is 38.3 Å². The lowest BCUT2D eigenvalue weighted by atomic mass is 10.0. The second-order valence-electron chi connectivity index (χ2n) is 6.94. The number of hydrogen-bond donors (Lipinski definition) is 1. The zero-order valence-electron chi connectivity index (χ0n) is 13.5. The highest BCUT2D eigenvalue weighted by atomic mass is 32.2. The maximum atomic E-state index is 12.2. The maximum absolute atomic E-state index is 12.2. The second-order valence-corrected chi connectivity index (χ2v) is 8.98. The van der Waals surface area contributed by atoms with Gasteiger partial charge in [0, 0.05) is 37.9 Å². The topological polar surface area (TPSA) is 52.7 Å². The van der Waals surface area contributed by atoms with Crippen molar-refractivity contribution in [3.05, 3.63) is 29.3 Å². The fourth-order valence-electron chi connectivity index (χ4n) is 4.26. The Kier molecular flexibility index (Phi) is 4.07. The van der Waals surface area contributed by atoms with Crippen LogP contribution in [0.15, 0.2) is 18.2 Å². The first kappa shape index (κ1) is 15.4. The molecule has 6 heteroatoms. The Morgan fingerprint density at radius 3 is 2.96 bits per heavy atom. The molecule has 0 aromatic heterocycles. The first-order chi connectivity index (χ1) is 11.1. The monoisotopic (exact) mass is 335 g/mol. The SMILES string of the molecule is O=S1(=O)CCCN1C1CCCN(Cc2cccc3c2NCC3)C1. The van der Waals surface area contributed by atoms with Crippen molar-refractivity contribution in [3.8, 4) is 0 Å². The number of nitrogens with zero attached hydrogens (tertiary/aromatic N) is 2. The van der Waals surface area contributed by atoms with Crippen molar-refractivity contribution in [1.29, 1.82) is 0 Å². The molecule has 2 saturated heterocycles. The van der Waals surface area contributed by atoms with Gasteiger partial charge in [0.2, 0.25) is 10.0 Å². The molecule has 3 heterocycles. The predicted octanol–water partition coefficient (Wildman–Crippen LogP) is 1.65. The summed E-state index contributed by atoms with van der Waals surface area (Å²) in [6.45, 7) is 4.58. The summed E-state index contributed by atoms with van der Waals surface area (Å²) < 4.78 is 26.1. The molecule has 2 fully saturated rings. The second kappa shape index (κ2) is 6.07. The van der Waals surface area contributed by atoms with Gasteiger partial charge in [-0.25, -0.2) is 8.42 Å². The lowest BCUT2D eigenvalue weighted by Gasteiger charge is -2.37. The molecule has 4 rings (SSSR count). The summed E-state index contributed by atoms with van der Waals surface area (Å²) >= 11 is 0. The molecule has 0 bridgehead atoms. The number of nitrogens with one attached hydrogen (secondary N) is 1. The number of fused-ring (bicyclic) bond motifs is 1. The van der Waals surface area contributed by atoms with E-state index in [2.05, 4.69) is 28.4 Å². The van der Waals surface area contributed by atoms with Crippen LogP contribution in [-0.2, 0) is 23.0 Å². The van der Waals surface area contributed by atoms with Gasteiger partial charge in [-0.05, 0) is 43.4 Å². The van der Waals surface area contributed by atoms with Crippen molar-refractivity contribution < 1.29 is 8.42 Å². The number of benzene rings is 1. The largest absolute Gasteiger partial charge is 0.384 e. The molecule has 0 spiro atoms. The highest BCUT2D eigenvalue weighted by molar-refractivity contribution is 7.89. The van der Waals surface area contributed by atoms with E-state index in [0.29, 0.717) is 12.3 Å². The number of hydrogen-bond acceptors (Lipinski definition) is 4. The highest BCUT2D eigenvalue weighted by Crippen LogP contribution is 2.29. The first-order valence-electron chi connectivity index (χ1n) is 8.70. The van der Waals surface area contributed by atoms with Crippen molar-refractivity contribution in [2.75, 3.05) is 37.2 Å². The van der Waals surface area contributed by atoms with Gasteiger partial charge in [-0.2, -0.15) is 4.31 Å². The number of piperidine rings is 1. The Morgan fingerprint density at radius 2 is 2.13 bits per heavy atom. The third-order valence-corrected chi connectivity index (χ3v) is 7.35. The third kappa shape index (κ3) is 2.99. The minimum absolute atomic E-state index is 0.168. The van der Waals surface area contributed by atoms with E-state index < -0.39 is 10.0 Å². The molecule has 5 nitrogen and oxygen atoms in total. The molecule has 0 aliphatic carbocycles. The van der Waals surface area contributed by atoms with Gasteiger partial charge in [0.1, 0.15) is 0 Å². The van der Waals surface area contributed by atoms with E-state index in [-0.39, 0.29) is 6.04 Å². The lowest BCUT2D eigenvalue weighted by Crippen LogP contribution is -2.48. The van der Waals surface area contributed by atoms with Crippen LogP contribution in [-0.4, -0.2) is 55.6 Å². The Labute approximate surface area is 138 Å². The molecule has 1 aromatic rings. The molecule has 1 atom stereocenters. The molecule has 1 aromatic carbocycles. The van der Waals surface area contributed by atoms with E-state index in [1.165, 1.54) is 16.8 Å². The molecule has 23 heavy (non-hydrogen) atoms. The highest BCUT2D eigenvalue weighted by Gasteiger charge is 2.36.